The summed E-state index contributed by atoms with van der Waals surface area (Å²) in [4.78, 5) is 17.2. The van der Waals surface area contributed by atoms with Gasteiger partial charge in [0.2, 0.25) is 0 Å². The molecule has 2 aliphatic rings. The van der Waals surface area contributed by atoms with Gasteiger partial charge < -0.3 is 15.1 Å². The number of nitrogens with zero attached hydrogens (tertiary/aromatic N) is 4. The number of hydrogen-bond acceptors (Lipinski definition) is 3. The number of aromatic nitrogens is 2. The van der Waals surface area contributed by atoms with E-state index in [1.54, 1.807) is 0 Å². The molecule has 1 atom stereocenters. The van der Waals surface area contributed by atoms with Crippen molar-refractivity contribution in [1.82, 2.24) is 24.9 Å². The lowest BCUT2D eigenvalue weighted by Crippen LogP contribution is -2.42. The highest BCUT2D eigenvalue weighted by Crippen LogP contribution is 2.29. The summed E-state index contributed by atoms with van der Waals surface area (Å²) in [6, 6.07) is 0.495. The second-order valence-corrected chi connectivity index (χ2v) is 7.92. The number of rotatable bonds is 6. The number of nitrogens with one attached hydrogen (secondary N) is 1. The SMILES string of the molecule is Cc1nn(C)c(C)c1CN(C(=O)NCC[C@H]1CCCN(C)C1)C1CC1. The highest BCUT2D eigenvalue weighted by atomic mass is 16.2. The van der Waals surface area contributed by atoms with E-state index in [0.717, 1.165) is 49.7 Å². The van der Waals surface area contributed by atoms with Gasteiger partial charge in [0, 0.05) is 37.4 Å². The minimum absolute atomic E-state index is 0.0920. The van der Waals surface area contributed by atoms with E-state index in [2.05, 4.69) is 29.3 Å². The summed E-state index contributed by atoms with van der Waals surface area (Å²) in [7, 11) is 4.16. The van der Waals surface area contributed by atoms with E-state index in [0.29, 0.717) is 12.6 Å². The van der Waals surface area contributed by atoms with E-state index in [-0.39, 0.29) is 6.03 Å². The van der Waals surface area contributed by atoms with Gasteiger partial charge in [-0.3, -0.25) is 4.68 Å². The molecular formula is C19H33N5O. The highest BCUT2D eigenvalue weighted by molar-refractivity contribution is 5.75. The van der Waals surface area contributed by atoms with Crippen LogP contribution in [-0.4, -0.2) is 58.3 Å². The first-order valence-corrected chi connectivity index (χ1v) is 9.67. The molecule has 6 nitrogen and oxygen atoms in total. The van der Waals surface area contributed by atoms with E-state index in [1.807, 2.05) is 23.6 Å². The fourth-order valence-corrected chi connectivity index (χ4v) is 3.96. The number of likely N-dealkylation sites (tertiary alicyclic amines) is 1. The Morgan fingerprint density at radius 2 is 2.04 bits per heavy atom. The normalized spacial score (nSPS) is 21.4. The summed E-state index contributed by atoms with van der Waals surface area (Å²) in [5.41, 5.74) is 3.38. The zero-order valence-corrected chi connectivity index (χ0v) is 16.2. The second-order valence-electron chi connectivity index (χ2n) is 7.92. The third kappa shape index (κ3) is 4.54. The second kappa shape index (κ2) is 7.77. The molecule has 2 fully saturated rings. The van der Waals surface area contributed by atoms with Gasteiger partial charge in [0.1, 0.15) is 0 Å². The topological polar surface area (TPSA) is 53.4 Å². The first kappa shape index (κ1) is 18.2. The van der Waals surface area contributed by atoms with Crippen molar-refractivity contribution in [3.63, 3.8) is 0 Å². The maximum atomic E-state index is 12.7. The van der Waals surface area contributed by atoms with Crippen molar-refractivity contribution >= 4 is 6.03 Å². The van der Waals surface area contributed by atoms with Crippen LogP contribution in [0.2, 0.25) is 0 Å². The van der Waals surface area contributed by atoms with Crippen molar-refractivity contribution in [2.75, 3.05) is 26.7 Å². The molecule has 25 heavy (non-hydrogen) atoms. The van der Waals surface area contributed by atoms with Crippen LogP contribution in [0.3, 0.4) is 0 Å². The van der Waals surface area contributed by atoms with Crippen LogP contribution in [0.1, 0.15) is 49.1 Å². The number of carbonyl (C=O) groups is 1. The number of urea groups is 1. The van der Waals surface area contributed by atoms with Crippen LogP contribution in [0.5, 0.6) is 0 Å². The molecule has 2 amide bonds. The maximum Gasteiger partial charge on any atom is 0.317 e. The monoisotopic (exact) mass is 347 g/mol. The standard InChI is InChI=1S/C19H33N5O/c1-14-18(15(2)23(4)21-14)13-24(17-7-8-17)19(25)20-10-9-16-6-5-11-22(3)12-16/h16-17H,5-13H2,1-4H3,(H,20,25)/t16-/m1/s1. The van der Waals surface area contributed by atoms with Crippen molar-refractivity contribution in [2.24, 2.45) is 13.0 Å². The van der Waals surface area contributed by atoms with Gasteiger partial charge in [-0.25, -0.2) is 4.79 Å². The van der Waals surface area contributed by atoms with E-state index in [9.17, 15) is 4.79 Å². The molecule has 0 aromatic carbocycles. The Morgan fingerprint density at radius 1 is 1.28 bits per heavy atom. The smallest absolute Gasteiger partial charge is 0.317 e. The molecule has 1 aromatic heterocycles. The zero-order chi connectivity index (χ0) is 18.0. The summed E-state index contributed by atoms with van der Waals surface area (Å²) >= 11 is 0. The van der Waals surface area contributed by atoms with Crippen LogP contribution in [0.25, 0.3) is 0 Å². The minimum atomic E-state index is 0.0920. The van der Waals surface area contributed by atoms with Crippen molar-refractivity contribution in [2.45, 2.75) is 58.5 Å². The molecule has 6 heteroatoms. The first-order chi connectivity index (χ1) is 12.0. The van der Waals surface area contributed by atoms with Gasteiger partial charge in [-0.1, -0.05) is 0 Å². The minimum Gasteiger partial charge on any atom is -0.338 e. The van der Waals surface area contributed by atoms with Crippen LogP contribution in [0, 0.1) is 19.8 Å². The van der Waals surface area contributed by atoms with Gasteiger partial charge in [0.25, 0.3) is 0 Å². The van der Waals surface area contributed by atoms with Crippen molar-refractivity contribution in [3.05, 3.63) is 17.0 Å². The predicted molar refractivity (Wildman–Crippen MR) is 99.5 cm³/mol. The number of amides is 2. The van der Waals surface area contributed by atoms with Gasteiger partial charge in [-0.05, 0) is 65.5 Å². The van der Waals surface area contributed by atoms with E-state index >= 15 is 0 Å². The molecule has 1 saturated carbocycles. The van der Waals surface area contributed by atoms with Crippen LogP contribution < -0.4 is 5.32 Å². The molecule has 3 rings (SSSR count). The zero-order valence-electron chi connectivity index (χ0n) is 16.2. The van der Waals surface area contributed by atoms with Gasteiger partial charge in [-0.15, -0.1) is 0 Å². The average Bonchev–Trinajstić information content (AvgIpc) is 3.36. The summed E-state index contributed by atoms with van der Waals surface area (Å²) in [6.45, 7) is 7.95. The summed E-state index contributed by atoms with van der Waals surface area (Å²) in [5, 5.41) is 7.66. The largest absolute Gasteiger partial charge is 0.338 e. The third-order valence-corrected chi connectivity index (χ3v) is 5.79. The lowest BCUT2D eigenvalue weighted by atomic mass is 9.95. The van der Waals surface area contributed by atoms with E-state index in [4.69, 9.17) is 0 Å². The molecule has 0 bridgehead atoms. The molecule has 0 radical (unpaired) electrons. The Kier molecular flexibility index (Phi) is 5.67. The molecular weight excluding hydrogens is 314 g/mol. The average molecular weight is 348 g/mol. The van der Waals surface area contributed by atoms with Gasteiger partial charge in [0.05, 0.1) is 12.2 Å². The van der Waals surface area contributed by atoms with E-state index in [1.165, 1.54) is 24.9 Å². The van der Waals surface area contributed by atoms with Crippen molar-refractivity contribution in [1.29, 1.82) is 0 Å². The Bertz CT molecular complexity index is 607. The molecule has 1 aromatic rings. The first-order valence-electron chi connectivity index (χ1n) is 9.67. The molecule has 0 spiro atoms. The van der Waals surface area contributed by atoms with Gasteiger partial charge in [0.15, 0.2) is 0 Å². The van der Waals surface area contributed by atoms with Crippen molar-refractivity contribution in [3.8, 4) is 0 Å². The lowest BCUT2D eigenvalue weighted by Gasteiger charge is -2.30. The number of piperidine rings is 1. The van der Waals surface area contributed by atoms with Crippen LogP contribution >= 0.6 is 0 Å². The van der Waals surface area contributed by atoms with Crippen LogP contribution in [-0.2, 0) is 13.6 Å². The van der Waals surface area contributed by atoms with Gasteiger partial charge in [-0.2, -0.15) is 5.10 Å². The number of aryl methyl sites for hydroxylation is 2. The molecule has 2 heterocycles. The Balaban J connectivity index is 1.53. The molecule has 140 valence electrons. The molecule has 1 aliphatic carbocycles. The van der Waals surface area contributed by atoms with E-state index < -0.39 is 0 Å². The quantitative estimate of drug-likeness (QED) is 0.860. The van der Waals surface area contributed by atoms with Gasteiger partial charge >= 0.3 is 6.03 Å². The fraction of sp³-hybridized carbons (Fsp3) is 0.789. The lowest BCUT2D eigenvalue weighted by molar-refractivity contribution is 0.184. The Hall–Kier alpha value is -1.56. The summed E-state index contributed by atoms with van der Waals surface area (Å²) in [5.74, 6) is 0.719. The number of carbonyl (C=O) groups excluding carboxylic acids is 1. The predicted octanol–water partition coefficient (Wildman–Crippen LogP) is 2.44. The van der Waals surface area contributed by atoms with Crippen molar-refractivity contribution < 1.29 is 4.79 Å². The summed E-state index contributed by atoms with van der Waals surface area (Å²) < 4.78 is 1.91. The molecule has 1 aliphatic heterocycles. The Labute approximate surface area is 151 Å². The number of hydrogen-bond donors (Lipinski definition) is 1. The van der Waals surface area contributed by atoms with Crippen LogP contribution in [0.4, 0.5) is 4.79 Å². The fourth-order valence-electron chi connectivity index (χ4n) is 3.96. The highest BCUT2D eigenvalue weighted by Gasteiger charge is 2.33. The van der Waals surface area contributed by atoms with Crippen LogP contribution in [0.15, 0.2) is 0 Å². The molecule has 1 saturated heterocycles. The Morgan fingerprint density at radius 3 is 2.64 bits per heavy atom. The molecule has 0 unspecified atom stereocenters. The molecule has 1 N–H and O–H groups in total. The summed E-state index contributed by atoms with van der Waals surface area (Å²) in [6.07, 6.45) is 5.90. The maximum absolute atomic E-state index is 12.7. The third-order valence-electron chi connectivity index (χ3n) is 5.79.